The van der Waals surface area contributed by atoms with E-state index in [9.17, 15) is 4.79 Å². The van der Waals surface area contributed by atoms with Crippen molar-refractivity contribution in [3.05, 3.63) is 70.4 Å². The number of nitrogens with one attached hydrogen (secondary N) is 1. The van der Waals surface area contributed by atoms with E-state index in [0.29, 0.717) is 18.1 Å². The summed E-state index contributed by atoms with van der Waals surface area (Å²) in [5.74, 6) is 1.19. The monoisotopic (exact) mass is 360 g/mol. The first-order chi connectivity index (χ1) is 13.2. The molecular formula is C22H20N2O3. The van der Waals surface area contributed by atoms with Gasteiger partial charge in [0.15, 0.2) is 11.5 Å². The van der Waals surface area contributed by atoms with Gasteiger partial charge in [0.2, 0.25) is 0 Å². The lowest BCUT2D eigenvalue weighted by atomic mass is 9.87. The van der Waals surface area contributed by atoms with Gasteiger partial charge in [0.05, 0.1) is 17.2 Å². The summed E-state index contributed by atoms with van der Waals surface area (Å²) in [5.41, 5.74) is 5.50. The average molecular weight is 360 g/mol. The van der Waals surface area contributed by atoms with E-state index < -0.39 is 0 Å². The molecular weight excluding hydrogens is 340 g/mol. The fourth-order valence-corrected chi connectivity index (χ4v) is 4.06. The molecule has 2 aliphatic rings. The van der Waals surface area contributed by atoms with Gasteiger partial charge in [-0.1, -0.05) is 41.1 Å². The topological polar surface area (TPSA) is 64.4 Å². The summed E-state index contributed by atoms with van der Waals surface area (Å²) >= 11 is 0. The molecule has 1 N–H and O–H groups in total. The number of amides is 1. The van der Waals surface area contributed by atoms with Crippen LogP contribution in [0.4, 0.5) is 0 Å². The highest BCUT2D eigenvalue weighted by Crippen LogP contribution is 2.39. The van der Waals surface area contributed by atoms with Crippen molar-refractivity contribution in [3.8, 4) is 17.1 Å². The van der Waals surface area contributed by atoms with Crippen LogP contribution in [-0.4, -0.2) is 11.1 Å². The smallest absolute Gasteiger partial charge is 0.274 e. The molecule has 0 unspecified atom stereocenters. The zero-order valence-corrected chi connectivity index (χ0v) is 15.1. The van der Waals surface area contributed by atoms with Crippen LogP contribution in [0.1, 0.15) is 51.6 Å². The standard InChI is InChI=1S/C22H20N2O3/c1-13-9-10-19-16(11-13)21-17(12-26-19)20(24-27-21)22(25)23-18-8-4-6-14-5-2-3-7-15(14)18/h2-3,5,7,9-11,18H,4,6,8,12H2,1H3,(H,23,25)/t18-/m0/s1. The molecule has 5 nitrogen and oxygen atoms in total. The number of aromatic nitrogens is 1. The average Bonchev–Trinajstić information content (AvgIpc) is 3.13. The minimum Gasteiger partial charge on any atom is -0.488 e. The Balaban J connectivity index is 1.45. The van der Waals surface area contributed by atoms with Gasteiger partial charge in [-0.25, -0.2) is 0 Å². The third-order valence-electron chi connectivity index (χ3n) is 5.43. The number of carbonyl (C=O) groups excluding carboxylic acids is 1. The molecule has 2 aromatic carbocycles. The van der Waals surface area contributed by atoms with Crippen LogP contribution in [0.5, 0.6) is 5.75 Å². The van der Waals surface area contributed by atoms with Crippen molar-refractivity contribution in [3.63, 3.8) is 0 Å². The number of hydrogen-bond donors (Lipinski definition) is 1. The van der Waals surface area contributed by atoms with Crippen molar-refractivity contribution in [2.24, 2.45) is 0 Å². The Morgan fingerprint density at radius 1 is 1.22 bits per heavy atom. The minimum atomic E-state index is -0.207. The van der Waals surface area contributed by atoms with Gasteiger partial charge in [0, 0.05) is 0 Å². The van der Waals surface area contributed by atoms with E-state index in [1.807, 2.05) is 37.3 Å². The molecule has 5 heteroatoms. The Morgan fingerprint density at radius 3 is 3.04 bits per heavy atom. The van der Waals surface area contributed by atoms with Crippen molar-refractivity contribution in [2.75, 3.05) is 0 Å². The molecule has 0 spiro atoms. The maximum absolute atomic E-state index is 12.9. The predicted molar refractivity (Wildman–Crippen MR) is 101 cm³/mol. The SMILES string of the molecule is Cc1ccc2c(c1)-c1onc(C(=O)N[C@H]3CCCc4ccccc43)c1CO2. The summed E-state index contributed by atoms with van der Waals surface area (Å²) in [6.45, 7) is 2.30. The van der Waals surface area contributed by atoms with Crippen molar-refractivity contribution in [1.29, 1.82) is 0 Å². The first-order valence-electron chi connectivity index (χ1n) is 9.32. The van der Waals surface area contributed by atoms with Crippen LogP contribution in [0.3, 0.4) is 0 Å². The summed E-state index contributed by atoms with van der Waals surface area (Å²) in [6, 6.07) is 14.2. The molecule has 0 saturated carbocycles. The van der Waals surface area contributed by atoms with E-state index in [2.05, 4.69) is 22.6 Å². The maximum Gasteiger partial charge on any atom is 0.274 e. The molecule has 0 bridgehead atoms. The molecule has 2 heterocycles. The number of benzene rings is 2. The minimum absolute atomic E-state index is 0.00818. The Kier molecular flexibility index (Phi) is 3.74. The Labute approximate surface area is 157 Å². The van der Waals surface area contributed by atoms with Gasteiger partial charge in [-0.05, 0) is 49.4 Å². The molecule has 1 aromatic heterocycles. The molecule has 1 atom stereocenters. The highest BCUT2D eigenvalue weighted by Gasteiger charge is 2.30. The first kappa shape index (κ1) is 16.1. The summed E-state index contributed by atoms with van der Waals surface area (Å²) < 4.78 is 11.4. The van der Waals surface area contributed by atoms with Gasteiger partial charge in [-0.2, -0.15) is 0 Å². The van der Waals surface area contributed by atoms with Gasteiger partial charge in [-0.3, -0.25) is 4.79 Å². The van der Waals surface area contributed by atoms with E-state index in [-0.39, 0.29) is 11.9 Å². The van der Waals surface area contributed by atoms with Crippen LogP contribution in [0.15, 0.2) is 47.0 Å². The zero-order valence-electron chi connectivity index (χ0n) is 15.1. The molecule has 136 valence electrons. The maximum atomic E-state index is 12.9. The van der Waals surface area contributed by atoms with Crippen molar-refractivity contribution >= 4 is 5.91 Å². The van der Waals surface area contributed by atoms with Crippen LogP contribution in [0.2, 0.25) is 0 Å². The van der Waals surface area contributed by atoms with Gasteiger partial charge < -0.3 is 14.6 Å². The zero-order chi connectivity index (χ0) is 18.4. The van der Waals surface area contributed by atoms with Gasteiger partial charge in [-0.15, -0.1) is 0 Å². The number of hydrogen-bond acceptors (Lipinski definition) is 4. The third kappa shape index (κ3) is 2.70. The lowest BCUT2D eigenvalue weighted by Gasteiger charge is -2.26. The second-order valence-electron chi connectivity index (χ2n) is 7.24. The number of nitrogens with zero attached hydrogens (tertiary/aromatic N) is 1. The molecule has 1 aliphatic heterocycles. The third-order valence-corrected chi connectivity index (χ3v) is 5.43. The van der Waals surface area contributed by atoms with Crippen LogP contribution < -0.4 is 10.1 Å². The lowest BCUT2D eigenvalue weighted by Crippen LogP contribution is -2.32. The number of fused-ring (bicyclic) bond motifs is 4. The summed E-state index contributed by atoms with van der Waals surface area (Å²) in [7, 11) is 0. The predicted octanol–water partition coefficient (Wildman–Crippen LogP) is 4.35. The van der Waals surface area contributed by atoms with Crippen molar-refractivity contribution in [1.82, 2.24) is 10.5 Å². The molecule has 0 fully saturated rings. The quantitative estimate of drug-likeness (QED) is 0.738. The fourth-order valence-electron chi connectivity index (χ4n) is 4.06. The second kappa shape index (κ2) is 6.27. The van der Waals surface area contributed by atoms with Crippen molar-refractivity contribution in [2.45, 2.75) is 38.8 Å². The Morgan fingerprint density at radius 2 is 2.11 bits per heavy atom. The highest BCUT2D eigenvalue weighted by molar-refractivity contribution is 5.96. The van der Waals surface area contributed by atoms with Crippen LogP contribution in [-0.2, 0) is 13.0 Å². The normalized spacial score (nSPS) is 17.3. The van der Waals surface area contributed by atoms with Crippen molar-refractivity contribution < 1.29 is 14.1 Å². The van der Waals surface area contributed by atoms with Crippen LogP contribution in [0, 0.1) is 6.92 Å². The van der Waals surface area contributed by atoms with Crippen LogP contribution in [0.25, 0.3) is 11.3 Å². The molecule has 1 aliphatic carbocycles. The Bertz CT molecular complexity index is 1040. The molecule has 1 amide bonds. The number of aryl methyl sites for hydroxylation is 2. The molecule has 0 saturated heterocycles. The van der Waals surface area contributed by atoms with E-state index in [0.717, 1.165) is 41.7 Å². The molecule has 3 aromatic rings. The number of rotatable bonds is 2. The fraction of sp³-hybridized carbons (Fsp3) is 0.273. The van der Waals surface area contributed by atoms with E-state index in [4.69, 9.17) is 9.26 Å². The summed E-state index contributed by atoms with van der Waals surface area (Å²) in [5, 5.41) is 7.23. The Hall–Kier alpha value is -3.08. The number of carbonyl (C=O) groups is 1. The first-order valence-corrected chi connectivity index (χ1v) is 9.32. The molecule has 5 rings (SSSR count). The van der Waals surface area contributed by atoms with E-state index >= 15 is 0 Å². The molecule has 27 heavy (non-hydrogen) atoms. The van der Waals surface area contributed by atoms with Crippen LogP contribution >= 0.6 is 0 Å². The second-order valence-corrected chi connectivity index (χ2v) is 7.24. The molecule has 0 radical (unpaired) electrons. The van der Waals surface area contributed by atoms with E-state index in [1.54, 1.807) is 0 Å². The summed E-state index contributed by atoms with van der Waals surface area (Å²) in [6.07, 6.45) is 3.06. The lowest BCUT2D eigenvalue weighted by molar-refractivity contribution is 0.0921. The highest BCUT2D eigenvalue weighted by atomic mass is 16.5. The van der Waals surface area contributed by atoms with Gasteiger partial charge in [0.25, 0.3) is 5.91 Å². The summed E-state index contributed by atoms with van der Waals surface area (Å²) in [4.78, 5) is 12.9. The van der Waals surface area contributed by atoms with Gasteiger partial charge in [0.1, 0.15) is 12.4 Å². The largest absolute Gasteiger partial charge is 0.488 e. The number of ether oxygens (including phenoxy) is 1. The van der Waals surface area contributed by atoms with Gasteiger partial charge >= 0.3 is 0 Å². The van der Waals surface area contributed by atoms with E-state index in [1.165, 1.54) is 11.1 Å².